The minimum absolute atomic E-state index is 0.0113. The van der Waals surface area contributed by atoms with Gasteiger partial charge in [-0.25, -0.2) is 4.98 Å². The third-order valence-electron chi connectivity index (χ3n) is 14.2. The Morgan fingerprint density at radius 3 is 2.71 bits per heavy atom. The van der Waals surface area contributed by atoms with Crippen LogP contribution >= 0.6 is 0 Å². The van der Waals surface area contributed by atoms with Crippen molar-refractivity contribution < 1.29 is 44.0 Å². The molecule has 6 heterocycles. The number of quaternary nitrogens is 1. The highest BCUT2D eigenvalue weighted by atomic mass is 16.6. The first-order valence-electron chi connectivity index (χ1n) is 24.6. The number of anilines is 1. The monoisotopic (exact) mass is 957 g/mol. The van der Waals surface area contributed by atoms with Gasteiger partial charge < -0.3 is 56.0 Å². The fourth-order valence-corrected chi connectivity index (χ4v) is 10.9. The van der Waals surface area contributed by atoms with Crippen molar-refractivity contribution in [3.05, 3.63) is 119 Å². The first-order valence-corrected chi connectivity index (χ1v) is 24.6. The van der Waals surface area contributed by atoms with E-state index < -0.39 is 12.2 Å². The van der Waals surface area contributed by atoms with Gasteiger partial charge in [-0.1, -0.05) is 12.1 Å². The number of esters is 1. The van der Waals surface area contributed by atoms with E-state index in [4.69, 9.17) is 29.7 Å². The van der Waals surface area contributed by atoms with Gasteiger partial charge in [-0.05, 0) is 123 Å². The van der Waals surface area contributed by atoms with Crippen molar-refractivity contribution in [1.82, 2.24) is 25.9 Å². The molecule has 0 amide bonds. The van der Waals surface area contributed by atoms with Crippen LogP contribution in [0.4, 0.5) is 5.82 Å². The zero-order valence-electron chi connectivity index (χ0n) is 40.0. The Bertz CT molecular complexity index is 2610. The van der Waals surface area contributed by atoms with E-state index >= 15 is 0 Å². The second-order valence-electron chi connectivity index (χ2n) is 19.2. The molecule has 8 atom stereocenters. The molecule has 70 heavy (non-hydrogen) atoms. The molecule has 2 saturated heterocycles. The molecule has 1 aliphatic carbocycles. The van der Waals surface area contributed by atoms with Crippen LogP contribution in [0.1, 0.15) is 86.6 Å². The van der Waals surface area contributed by atoms with Gasteiger partial charge in [0.05, 0.1) is 30.3 Å². The van der Waals surface area contributed by atoms with Gasteiger partial charge >= 0.3 is 5.97 Å². The molecule has 370 valence electrons. The van der Waals surface area contributed by atoms with Crippen LogP contribution in [0.5, 0.6) is 28.7 Å². The second kappa shape index (κ2) is 21.9. The average molecular weight is 957 g/mol. The molecule has 9 rings (SSSR count). The number of hydrogen-bond acceptors (Lipinski definition) is 14. The second-order valence-corrected chi connectivity index (χ2v) is 19.2. The lowest BCUT2D eigenvalue weighted by Gasteiger charge is -2.53. The van der Waals surface area contributed by atoms with Crippen LogP contribution in [0.2, 0.25) is 0 Å². The topological polar surface area (TPSA) is 232 Å². The molecular weight excluding hydrogens is 891 g/mol. The summed E-state index contributed by atoms with van der Waals surface area (Å²) in [6.07, 6.45) is 17.7. The fraction of sp³-hybridized carbons (Fsp3) is 0.453. The number of nitrogens with two attached hydrogens (primary N) is 1. The maximum Gasteiger partial charge on any atom is 0.302 e. The number of benzene rings is 2. The van der Waals surface area contributed by atoms with Gasteiger partial charge in [0.15, 0.2) is 35.1 Å². The first-order chi connectivity index (χ1) is 34.0. The van der Waals surface area contributed by atoms with E-state index in [1.54, 1.807) is 30.7 Å². The van der Waals surface area contributed by atoms with E-state index in [-0.39, 0.29) is 65.4 Å². The summed E-state index contributed by atoms with van der Waals surface area (Å²) in [6, 6.07) is 16.4. The number of aryl methyl sites for hydroxylation is 2. The number of allylic oxidation sites excluding steroid dienone is 1. The number of pyridine rings is 2. The van der Waals surface area contributed by atoms with Crippen LogP contribution in [0, 0.1) is 5.92 Å². The third-order valence-corrected chi connectivity index (χ3v) is 14.2. The maximum atomic E-state index is 12.2. The molecule has 9 N–H and O–H groups in total. The normalized spacial score (nSPS) is 26.5. The molecule has 0 radical (unpaired) electrons. The molecule has 4 aliphatic heterocycles. The van der Waals surface area contributed by atoms with E-state index in [0.717, 1.165) is 73.5 Å². The molecule has 17 nitrogen and oxygen atoms in total. The minimum atomic E-state index is -0.547. The summed E-state index contributed by atoms with van der Waals surface area (Å²) >= 11 is 0. The Morgan fingerprint density at radius 2 is 1.90 bits per heavy atom. The number of phenols is 3. The van der Waals surface area contributed by atoms with E-state index in [9.17, 15) is 20.1 Å². The van der Waals surface area contributed by atoms with Crippen LogP contribution in [0.25, 0.3) is 0 Å². The summed E-state index contributed by atoms with van der Waals surface area (Å²) in [6.45, 7) is 3.88. The van der Waals surface area contributed by atoms with Crippen LogP contribution in [0.3, 0.4) is 0 Å². The minimum Gasteiger partial charge on any atom is -0.504 e. The number of aliphatic imine (C=N–C) groups is 2. The summed E-state index contributed by atoms with van der Waals surface area (Å²) in [7, 11) is 2.01. The number of ether oxygens (including phenoxy) is 4. The predicted octanol–water partition coefficient (Wildman–Crippen LogP) is 4.74. The summed E-state index contributed by atoms with van der Waals surface area (Å²) in [5.74, 6) is 1.03. The highest BCUT2D eigenvalue weighted by molar-refractivity contribution is 5.82. The number of nitrogens with one attached hydrogen (secondary N) is 4. The molecule has 1 saturated carbocycles. The molecule has 1 spiro atoms. The molecule has 17 heteroatoms. The van der Waals surface area contributed by atoms with Gasteiger partial charge in [0.25, 0.3) is 0 Å². The summed E-state index contributed by atoms with van der Waals surface area (Å²) in [5, 5.41) is 44.0. The molecule has 3 fully saturated rings. The lowest BCUT2D eigenvalue weighted by molar-refractivity contribution is -0.873. The standard InChI is InChI=1S/C53H65N9O8/c1-33(63)68-41-26-39(69-46(27-41)38-24-45(65)50(66)48(25-38)67-21-15-36-7-4-17-56-29-36)11-9-35-10-12-44(64)47(22-35)70-40-8-3-16-53(28-40)42(30-55-2)51(62-31-37-14-20-57-43(37)32-62)60-52(61-53)59-18-5-6-34-13-19-58-49(54)23-34/h4,7,10,12-14,17,19-20,22-25,29,32,39-42,46,51,55,64-66H,3,5-6,8-9,11,15-16,18,21,26-28,30-31H2,1-2H3,(H2,54,58)(H2,59,60,61)/p+1/t39-,40-,41+,42-,46-,51+,53-/m0/s1. The number of rotatable bonds is 18. The zero-order chi connectivity index (χ0) is 48.6. The molecule has 1 unspecified atom stereocenters. The Hall–Kier alpha value is -6.69. The van der Waals surface area contributed by atoms with Crippen molar-refractivity contribution >= 4 is 24.0 Å². The Kier molecular flexibility index (Phi) is 15.2. The van der Waals surface area contributed by atoms with E-state index in [1.807, 2.05) is 49.7 Å². The van der Waals surface area contributed by atoms with Crippen LogP contribution in [-0.4, -0.2) is 107 Å². The van der Waals surface area contributed by atoms with Gasteiger partial charge in [0, 0.05) is 76.1 Å². The average Bonchev–Trinajstić information content (AvgIpc) is 3.97. The van der Waals surface area contributed by atoms with Gasteiger partial charge in [0.1, 0.15) is 36.5 Å². The largest absolute Gasteiger partial charge is 0.504 e. The number of fused-ring (bicyclic) bond motifs is 1. The first kappa shape index (κ1) is 48.3. The van der Waals surface area contributed by atoms with E-state index in [1.165, 1.54) is 23.5 Å². The van der Waals surface area contributed by atoms with Gasteiger partial charge in [-0.2, -0.15) is 0 Å². The number of nitrogen functional groups attached to an aromatic ring is 1. The number of hydrogen-bond donors (Lipinski definition) is 8. The predicted molar refractivity (Wildman–Crippen MR) is 265 cm³/mol. The summed E-state index contributed by atoms with van der Waals surface area (Å²) < 4.78 is 25.2. The Morgan fingerprint density at radius 1 is 1.01 bits per heavy atom. The highest BCUT2D eigenvalue weighted by Crippen LogP contribution is 2.44. The van der Waals surface area contributed by atoms with Crippen molar-refractivity contribution in [3.8, 4) is 28.7 Å². The smallest absolute Gasteiger partial charge is 0.302 e. The molecular formula is C53H66N9O8+. The van der Waals surface area contributed by atoms with E-state index in [2.05, 4.69) is 43.2 Å². The number of carbonyl (C=O) groups excluding carboxylic acids is 1. The molecule has 0 bridgehead atoms. The van der Waals surface area contributed by atoms with Gasteiger partial charge in [0.2, 0.25) is 5.75 Å². The third kappa shape index (κ3) is 11.7. The number of aromatic hydroxyl groups is 3. The van der Waals surface area contributed by atoms with Gasteiger partial charge in [-0.3, -0.25) is 24.7 Å². The van der Waals surface area contributed by atoms with Crippen molar-refractivity contribution in [2.24, 2.45) is 15.9 Å². The van der Waals surface area contributed by atoms with Crippen molar-refractivity contribution in [2.45, 2.75) is 114 Å². The molecule has 4 aromatic rings. The number of guanidine groups is 1. The number of phenolic OH excluding ortho intramolecular Hbond substituents is 3. The number of carbonyl (C=O) groups is 1. The molecule has 5 aliphatic rings. The maximum absolute atomic E-state index is 12.2. The summed E-state index contributed by atoms with van der Waals surface area (Å²) in [5.41, 5.74) is 11.5. The van der Waals surface area contributed by atoms with Crippen molar-refractivity contribution in [1.29, 1.82) is 0 Å². The lowest BCUT2D eigenvalue weighted by atomic mass is 9.69. The van der Waals surface area contributed by atoms with E-state index in [0.29, 0.717) is 62.2 Å². The zero-order valence-corrected chi connectivity index (χ0v) is 40.0. The fourth-order valence-electron chi connectivity index (χ4n) is 10.9. The quantitative estimate of drug-likeness (QED) is 0.0383. The highest BCUT2D eigenvalue weighted by Gasteiger charge is 2.54. The van der Waals surface area contributed by atoms with Crippen molar-refractivity contribution in [2.75, 3.05) is 39.0 Å². The molecule has 2 aromatic heterocycles. The van der Waals surface area contributed by atoms with Crippen LogP contribution < -0.4 is 36.1 Å². The Labute approximate surface area is 408 Å². The Balaban J connectivity index is 0.883. The van der Waals surface area contributed by atoms with Crippen molar-refractivity contribution in [3.63, 3.8) is 0 Å². The van der Waals surface area contributed by atoms with Crippen LogP contribution in [-0.2, 0) is 33.5 Å². The van der Waals surface area contributed by atoms with Crippen LogP contribution in [0.15, 0.2) is 107 Å². The molecule has 2 aromatic carbocycles. The lowest BCUT2D eigenvalue weighted by Crippen LogP contribution is -3.15. The SMILES string of the molecule is CNC[C@H]1[C@@H]([NH+]2C=C3N=CC=C3C2)NC(=NCCCc2ccnc(N)c2)N[C@]12CCC[C@H](Oc1cc(CC[C@H]3C[C@@H](OC(C)=O)C[C@@H](c4cc(O)c(O)c(OCCc5cccnc5)c4)O3)ccc1O)C2. The number of aromatic nitrogens is 2. The summed E-state index contributed by atoms with van der Waals surface area (Å²) in [4.78, 5) is 31.6. The van der Waals surface area contributed by atoms with Gasteiger partial charge in [-0.15, -0.1) is 0 Å². The number of nitrogens with zero attached hydrogens (tertiary/aromatic N) is 4.